The number of carbonyl (C=O) groups is 1. The summed E-state index contributed by atoms with van der Waals surface area (Å²) in [5, 5.41) is 1.26. The molecule has 1 atom stereocenters. The Balaban J connectivity index is 2.74. The number of hydrogen-bond donors (Lipinski definition) is 2. The van der Waals surface area contributed by atoms with Crippen LogP contribution < -0.4 is 11.1 Å². The van der Waals surface area contributed by atoms with Gasteiger partial charge in [-0.3, -0.25) is 4.79 Å². The first kappa shape index (κ1) is 17.4. The molecule has 21 heavy (non-hydrogen) atoms. The van der Waals surface area contributed by atoms with E-state index in [1.165, 1.54) is 13.0 Å². The van der Waals surface area contributed by atoms with Gasteiger partial charge in [0, 0.05) is 0 Å². The summed E-state index contributed by atoms with van der Waals surface area (Å²) in [5.41, 5.74) is 5.83. The Hall–Kier alpha value is -1.63. The van der Waals surface area contributed by atoms with Gasteiger partial charge in [0.1, 0.15) is 11.1 Å². The van der Waals surface area contributed by atoms with Crippen LogP contribution in [0.4, 0.5) is 15.8 Å². The lowest BCUT2D eigenvalue weighted by molar-refractivity contribution is -0.115. The van der Waals surface area contributed by atoms with Crippen molar-refractivity contribution in [3.05, 3.63) is 24.0 Å². The van der Waals surface area contributed by atoms with Gasteiger partial charge in [-0.1, -0.05) is 19.8 Å². The van der Waals surface area contributed by atoms with Crippen LogP contribution in [0.3, 0.4) is 0 Å². The molecule has 1 aromatic rings. The van der Waals surface area contributed by atoms with Gasteiger partial charge in [0.2, 0.25) is 5.91 Å². The molecule has 1 unspecified atom stereocenters. The fourth-order valence-electron chi connectivity index (χ4n) is 1.77. The van der Waals surface area contributed by atoms with Crippen molar-refractivity contribution in [3.63, 3.8) is 0 Å². The van der Waals surface area contributed by atoms with Crippen molar-refractivity contribution in [2.24, 2.45) is 0 Å². The zero-order valence-electron chi connectivity index (χ0n) is 12.2. The average molecular weight is 316 g/mol. The molecule has 0 aromatic heterocycles. The maximum Gasteiger partial charge on any atom is 0.242 e. The third kappa shape index (κ3) is 5.00. The first-order chi connectivity index (χ1) is 9.77. The van der Waals surface area contributed by atoms with E-state index in [0.717, 1.165) is 25.0 Å². The van der Waals surface area contributed by atoms with Gasteiger partial charge in [0.15, 0.2) is 9.84 Å². The summed E-state index contributed by atoms with van der Waals surface area (Å²) >= 11 is 0. The molecule has 1 rings (SSSR count). The van der Waals surface area contributed by atoms with Crippen LogP contribution in [-0.4, -0.2) is 25.3 Å². The number of carbonyl (C=O) groups excluding carboxylic acids is 1. The summed E-state index contributed by atoms with van der Waals surface area (Å²) in [6, 6.07) is 3.52. The first-order valence-electron chi connectivity index (χ1n) is 6.85. The van der Waals surface area contributed by atoms with Crippen molar-refractivity contribution in [2.75, 3.05) is 16.8 Å². The third-order valence-corrected chi connectivity index (χ3v) is 5.36. The van der Waals surface area contributed by atoms with Crippen LogP contribution in [0, 0.1) is 5.82 Å². The monoisotopic (exact) mass is 316 g/mol. The number of benzene rings is 1. The van der Waals surface area contributed by atoms with Crippen molar-refractivity contribution >= 4 is 27.1 Å². The average Bonchev–Trinajstić information content (AvgIpc) is 2.41. The Kier molecular flexibility index (Phi) is 6.14. The van der Waals surface area contributed by atoms with E-state index >= 15 is 0 Å². The molecule has 7 heteroatoms. The summed E-state index contributed by atoms with van der Waals surface area (Å²) in [4.78, 5) is 12.0. The molecule has 1 amide bonds. The number of halogens is 1. The van der Waals surface area contributed by atoms with Crippen LogP contribution in [0.1, 0.15) is 33.1 Å². The Labute approximate surface area is 124 Å². The quantitative estimate of drug-likeness (QED) is 0.597. The molecule has 0 heterocycles. The molecule has 0 radical (unpaired) electrons. The van der Waals surface area contributed by atoms with Gasteiger partial charge in [0.25, 0.3) is 0 Å². The number of unbranched alkanes of at least 4 members (excludes halogenated alkanes) is 2. The van der Waals surface area contributed by atoms with Gasteiger partial charge in [-0.05, 0) is 31.5 Å². The van der Waals surface area contributed by atoms with Crippen LogP contribution in [0.2, 0.25) is 0 Å². The summed E-state index contributed by atoms with van der Waals surface area (Å²) in [5.74, 6) is -1.20. The molecular weight excluding hydrogens is 295 g/mol. The Morgan fingerprint density at radius 1 is 1.38 bits per heavy atom. The molecule has 5 nitrogen and oxygen atoms in total. The van der Waals surface area contributed by atoms with Crippen LogP contribution in [-0.2, 0) is 14.6 Å². The fraction of sp³-hybridized carbons (Fsp3) is 0.500. The van der Waals surface area contributed by atoms with Crippen LogP contribution in [0.5, 0.6) is 0 Å². The number of anilines is 2. The van der Waals surface area contributed by atoms with E-state index in [-0.39, 0.29) is 17.1 Å². The number of amides is 1. The molecule has 118 valence electrons. The number of nitrogens with two attached hydrogens (primary N) is 1. The molecule has 0 aliphatic heterocycles. The summed E-state index contributed by atoms with van der Waals surface area (Å²) in [6.45, 7) is 3.32. The normalized spacial score (nSPS) is 12.9. The lowest BCUT2D eigenvalue weighted by Gasteiger charge is -2.14. The van der Waals surface area contributed by atoms with Crippen molar-refractivity contribution in [2.45, 2.75) is 38.4 Å². The number of hydrogen-bond acceptors (Lipinski definition) is 4. The standard InChI is InChI=1S/C14H21FN2O3S/c1-3-4-5-8-21(19,20)10(2)14(18)17-13-7-6-11(15)9-12(13)16/h6-7,9-10H,3-5,8,16H2,1-2H3,(H,17,18). The molecule has 1 aromatic carbocycles. The van der Waals surface area contributed by atoms with E-state index in [0.29, 0.717) is 6.42 Å². The van der Waals surface area contributed by atoms with Gasteiger partial charge in [0.05, 0.1) is 17.1 Å². The minimum absolute atomic E-state index is 0.0195. The molecule has 0 aliphatic rings. The summed E-state index contributed by atoms with van der Waals surface area (Å²) < 4.78 is 37.0. The van der Waals surface area contributed by atoms with Gasteiger partial charge in [-0.25, -0.2) is 12.8 Å². The number of nitrogen functional groups attached to an aromatic ring is 1. The number of nitrogens with one attached hydrogen (secondary N) is 1. The first-order valence-corrected chi connectivity index (χ1v) is 8.57. The van der Waals surface area contributed by atoms with Crippen LogP contribution >= 0.6 is 0 Å². The van der Waals surface area contributed by atoms with E-state index in [1.807, 2.05) is 6.92 Å². The predicted octanol–water partition coefficient (Wildman–Crippen LogP) is 2.34. The highest BCUT2D eigenvalue weighted by Crippen LogP contribution is 2.20. The molecular formula is C14H21FN2O3S. The van der Waals surface area contributed by atoms with Gasteiger partial charge >= 0.3 is 0 Å². The number of rotatable bonds is 7. The maximum absolute atomic E-state index is 12.9. The van der Waals surface area contributed by atoms with Crippen LogP contribution in [0.15, 0.2) is 18.2 Å². The number of sulfone groups is 1. The molecule has 0 bridgehead atoms. The van der Waals surface area contributed by atoms with Gasteiger partial charge < -0.3 is 11.1 Å². The maximum atomic E-state index is 12.9. The minimum atomic E-state index is -3.50. The lowest BCUT2D eigenvalue weighted by atomic mass is 10.2. The second-order valence-electron chi connectivity index (χ2n) is 4.94. The molecule has 0 saturated heterocycles. The smallest absolute Gasteiger partial charge is 0.242 e. The Morgan fingerprint density at radius 2 is 2.05 bits per heavy atom. The molecule has 0 fully saturated rings. The molecule has 0 saturated carbocycles. The van der Waals surface area contributed by atoms with Crippen molar-refractivity contribution < 1.29 is 17.6 Å². The van der Waals surface area contributed by atoms with Crippen molar-refractivity contribution in [3.8, 4) is 0 Å². The Morgan fingerprint density at radius 3 is 2.62 bits per heavy atom. The fourth-order valence-corrected chi connectivity index (χ4v) is 3.12. The van der Waals surface area contributed by atoms with E-state index in [2.05, 4.69) is 5.32 Å². The van der Waals surface area contributed by atoms with Gasteiger partial charge in [-0.15, -0.1) is 0 Å². The van der Waals surface area contributed by atoms with Gasteiger partial charge in [-0.2, -0.15) is 0 Å². The second kappa shape index (κ2) is 7.40. The highest BCUT2D eigenvalue weighted by molar-refractivity contribution is 7.92. The predicted molar refractivity (Wildman–Crippen MR) is 82.2 cm³/mol. The second-order valence-corrected chi connectivity index (χ2v) is 7.38. The zero-order valence-corrected chi connectivity index (χ0v) is 13.0. The lowest BCUT2D eigenvalue weighted by Crippen LogP contribution is -2.34. The largest absolute Gasteiger partial charge is 0.397 e. The summed E-state index contributed by atoms with van der Waals surface area (Å²) in [6.07, 6.45) is 2.25. The SMILES string of the molecule is CCCCCS(=O)(=O)C(C)C(=O)Nc1ccc(F)cc1N. The Bertz CT molecular complexity index is 602. The molecule has 0 aliphatic carbocycles. The van der Waals surface area contributed by atoms with Crippen molar-refractivity contribution in [1.29, 1.82) is 0 Å². The highest BCUT2D eigenvalue weighted by Gasteiger charge is 2.27. The van der Waals surface area contributed by atoms with Crippen molar-refractivity contribution in [1.82, 2.24) is 0 Å². The minimum Gasteiger partial charge on any atom is -0.397 e. The topological polar surface area (TPSA) is 89.3 Å². The van der Waals surface area contributed by atoms with E-state index < -0.39 is 26.8 Å². The molecule has 3 N–H and O–H groups in total. The molecule has 0 spiro atoms. The van der Waals surface area contributed by atoms with E-state index in [9.17, 15) is 17.6 Å². The van der Waals surface area contributed by atoms with E-state index in [1.54, 1.807) is 0 Å². The zero-order chi connectivity index (χ0) is 16.0. The summed E-state index contributed by atoms with van der Waals surface area (Å²) in [7, 11) is -3.50. The third-order valence-electron chi connectivity index (χ3n) is 3.21. The van der Waals surface area contributed by atoms with E-state index in [4.69, 9.17) is 5.73 Å². The highest BCUT2D eigenvalue weighted by atomic mass is 32.2. The van der Waals surface area contributed by atoms with Crippen LogP contribution in [0.25, 0.3) is 0 Å².